The second-order valence-electron chi connectivity index (χ2n) is 4.49. The van der Waals surface area contributed by atoms with Crippen molar-refractivity contribution in [3.63, 3.8) is 0 Å². The molecule has 0 bridgehead atoms. The van der Waals surface area contributed by atoms with Gasteiger partial charge in [-0.15, -0.1) is 0 Å². The Morgan fingerprint density at radius 3 is 2.36 bits per heavy atom. The summed E-state index contributed by atoms with van der Waals surface area (Å²) in [6, 6.07) is 7.01. The highest BCUT2D eigenvalue weighted by atomic mass is 32.2. The van der Waals surface area contributed by atoms with Crippen molar-refractivity contribution in [3.8, 4) is 5.75 Å². The van der Waals surface area contributed by atoms with Gasteiger partial charge >= 0.3 is 15.4 Å². The largest absolute Gasteiger partial charge is 0.494 e. The first-order valence-electron chi connectivity index (χ1n) is 6.42. The lowest BCUT2D eigenvalue weighted by molar-refractivity contribution is -0.133. The molecule has 0 unspecified atom stereocenters. The van der Waals surface area contributed by atoms with Gasteiger partial charge in [0.2, 0.25) is 5.78 Å². The minimum Gasteiger partial charge on any atom is -0.494 e. The zero-order chi connectivity index (χ0) is 16.8. The Bertz CT molecular complexity index is 623. The molecule has 122 valence electrons. The average molecular weight is 334 g/mol. The van der Waals surface area contributed by atoms with Crippen LogP contribution < -0.4 is 4.74 Å². The van der Waals surface area contributed by atoms with Gasteiger partial charge in [-0.2, -0.15) is 17.2 Å². The van der Waals surface area contributed by atoms with E-state index < -0.39 is 27.6 Å². The molecule has 0 aliphatic rings. The molecule has 1 rings (SSSR count). The summed E-state index contributed by atoms with van der Waals surface area (Å²) in [4.78, 5) is 11.1. The number of hydrogen-bond donors (Lipinski definition) is 1. The van der Waals surface area contributed by atoms with Gasteiger partial charge in [0.05, 0.1) is 6.61 Å². The lowest BCUT2D eigenvalue weighted by Gasteiger charge is -2.11. The van der Waals surface area contributed by atoms with E-state index in [1.807, 2.05) is 0 Å². The zero-order valence-electron chi connectivity index (χ0n) is 11.7. The van der Waals surface area contributed by atoms with E-state index in [0.717, 1.165) is 5.56 Å². The topological polar surface area (TPSA) is 80.7 Å². The lowest BCUT2D eigenvalue weighted by Crippen LogP contribution is -2.37. The number of unbranched alkanes of at least 4 members (excludes halogenated alkanes) is 1. The standard InChI is InChI=1S/C14H16F2O5S/c1-2-11-6-8-12(9-7-11)21-10-4-3-5-13(17)14(15,16)22(18,19)20/h2,6-9H,1,3-5,10H2,(H,18,19,20). The summed E-state index contributed by atoms with van der Waals surface area (Å²) < 4.78 is 60.3. The number of Topliss-reactive ketones (excluding diaryl/α,β-unsaturated/α-hetero) is 1. The van der Waals surface area contributed by atoms with Crippen LogP contribution in [0.25, 0.3) is 6.08 Å². The van der Waals surface area contributed by atoms with E-state index in [-0.39, 0.29) is 19.4 Å². The Balaban J connectivity index is 2.33. The Morgan fingerprint density at radius 2 is 1.86 bits per heavy atom. The predicted molar refractivity (Wildman–Crippen MR) is 77.4 cm³/mol. The maximum Gasteiger partial charge on any atom is 0.426 e. The number of alkyl halides is 2. The van der Waals surface area contributed by atoms with Crippen LogP contribution in [0, 0.1) is 0 Å². The van der Waals surface area contributed by atoms with E-state index in [4.69, 9.17) is 9.29 Å². The van der Waals surface area contributed by atoms with Crippen LogP contribution in [-0.2, 0) is 14.9 Å². The van der Waals surface area contributed by atoms with Gasteiger partial charge in [-0.05, 0) is 30.5 Å². The van der Waals surface area contributed by atoms with Crippen LogP contribution in [0.15, 0.2) is 30.8 Å². The molecule has 0 radical (unpaired) electrons. The van der Waals surface area contributed by atoms with Crippen LogP contribution in [0.3, 0.4) is 0 Å². The van der Waals surface area contributed by atoms with Crippen molar-refractivity contribution in [3.05, 3.63) is 36.4 Å². The highest BCUT2D eigenvalue weighted by Gasteiger charge is 2.50. The fourth-order valence-corrected chi connectivity index (χ4v) is 1.96. The zero-order valence-corrected chi connectivity index (χ0v) is 12.5. The van der Waals surface area contributed by atoms with Gasteiger partial charge in [0, 0.05) is 6.42 Å². The summed E-state index contributed by atoms with van der Waals surface area (Å²) in [5.41, 5.74) is 0.922. The van der Waals surface area contributed by atoms with Crippen LogP contribution in [0.1, 0.15) is 24.8 Å². The van der Waals surface area contributed by atoms with Gasteiger partial charge in [0.25, 0.3) is 0 Å². The maximum absolute atomic E-state index is 12.9. The Labute approximate surface area is 127 Å². The first-order chi connectivity index (χ1) is 10.2. The molecule has 0 aliphatic heterocycles. The summed E-state index contributed by atoms with van der Waals surface area (Å²) in [5.74, 6) is -1.24. The first kappa shape index (κ1) is 18.2. The van der Waals surface area contributed by atoms with Crippen LogP contribution in [0.2, 0.25) is 0 Å². The SMILES string of the molecule is C=Cc1ccc(OCCCCC(=O)C(F)(F)S(=O)(=O)O)cc1. The molecule has 0 amide bonds. The molecular formula is C14H16F2O5S. The molecule has 1 aromatic rings. The monoisotopic (exact) mass is 334 g/mol. The average Bonchev–Trinajstić information content (AvgIpc) is 2.46. The minimum atomic E-state index is -5.72. The van der Waals surface area contributed by atoms with Crippen molar-refractivity contribution >= 4 is 22.0 Å². The van der Waals surface area contributed by atoms with Crippen molar-refractivity contribution in [2.24, 2.45) is 0 Å². The van der Waals surface area contributed by atoms with Gasteiger partial charge < -0.3 is 4.74 Å². The van der Waals surface area contributed by atoms with Crippen molar-refractivity contribution in [1.82, 2.24) is 0 Å². The number of hydrogen-bond acceptors (Lipinski definition) is 4. The molecule has 0 atom stereocenters. The molecule has 0 aliphatic carbocycles. The van der Waals surface area contributed by atoms with Crippen molar-refractivity contribution in [2.45, 2.75) is 24.5 Å². The van der Waals surface area contributed by atoms with Gasteiger partial charge in [-0.25, -0.2) is 0 Å². The third-order valence-electron chi connectivity index (χ3n) is 2.83. The van der Waals surface area contributed by atoms with Crippen LogP contribution in [0.4, 0.5) is 8.78 Å². The second-order valence-corrected chi connectivity index (χ2v) is 5.96. The summed E-state index contributed by atoms with van der Waals surface area (Å²) in [7, 11) is -5.72. The van der Waals surface area contributed by atoms with E-state index in [1.165, 1.54) is 0 Å². The van der Waals surface area contributed by atoms with E-state index in [0.29, 0.717) is 5.75 Å². The second kappa shape index (κ2) is 7.46. The van der Waals surface area contributed by atoms with Crippen molar-refractivity contribution in [2.75, 3.05) is 6.61 Å². The Kier molecular flexibility index (Phi) is 6.19. The molecule has 0 saturated carbocycles. The molecular weight excluding hydrogens is 318 g/mol. The molecule has 1 N–H and O–H groups in total. The number of carbonyl (C=O) groups excluding carboxylic acids is 1. The maximum atomic E-state index is 12.9. The van der Waals surface area contributed by atoms with Crippen LogP contribution in [-0.4, -0.2) is 30.6 Å². The Morgan fingerprint density at radius 1 is 1.27 bits per heavy atom. The number of halogens is 2. The third-order valence-corrected chi connectivity index (χ3v) is 3.71. The number of ketones is 1. The van der Waals surface area contributed by atoms with Gasteiger partial charge in [-0.3, -0.25) is 9.35 Å². The highest BCUT2D eigenvalue weighted by Crippen LogP contribution is 2.24. The van der Waals surface area contributed by atoms with Gasteiger partial charge in [0.1, 0.15) is 5.75 Å². The molecule has 0 heterocycles. The van der Waals surface area contributed by atoms with Crippen LogP contribution >= 0.6 is 0 Å². The van der Waals surface area contributed by atoms with E-state index in [9.17, 15) is 22.0 Å². The number of benzene rings is 1. The number of carbonyl (C=O) groups is 1. The molecule has 0 spiro atoms. The van der Waals surface area contributed by atoms with Crippen molar-refractivity contribution in [1.29, 1.82) is 0 Å². The van der Waals surface area contributed by atoms with Crippen LogP contribution in [0.5, 0.6) is 5.75 Å². The normalized spacial score (nSPS) is 12.0. The smallest absolute Gasteiger partial charge is 0.426 e. The summed E-state index contributed by atoms with van der Waals surface area (Å²) >= 11 is 0. The summed E-state index contributed by atoms with van der Waals surface area (Å²) in [5, 5.41) is -4.76. The summed E-state index contributed by atoms with van der Waals surface area (Å²) in [6.45, 7) is 3.80. The third kappa shape index (κ3) is 4.88. The fourth-order valence-electron chi connectivity index (χ4n) is 1.57. The lowest BCUT2D eigenvalue weighted by atomic mass is 10.2. The van der Waals surface area contributed by atoms with E-state index >= 15 is 0 Å². The first-order valence-corrected chi connectivity index (χ1v) is 7.86. The van der Waals surface area contributed by atoms with E-state index in [2.05, 4.69) is 6.58 Å². The van der Waals surface area contributed by atoms with Gasteiger partial charge in [-0.1, -0.05) is 24.8 Å². The summed E-state index contributed by atoms with van der Waals surface area (Å²) in [6.07, 6.45) is 1.32. The number of rotatable bonds is 9. The van der Waals surface area contributed by atoms with E-state index in [1.54, 1.807) is 30.3 Å². The minimum absolute atomic E-state index is 0.0225. The van der Waals surface area contributed by atoms with Crippen molar-refractivity contribution < 1.29 is 31.3 Å². The molecule has 1 aromatic carbocycles. The molecule has 0 aromatic heterocycles. The quantitative estimate of drug-likeness (QED) is 0.555. The predicted octanol–water partition coefficient (Wildman–Crippen LogP) is 2.93. The molecule has 22 heavy (non-hydrogen) atoms. The Hall–Kier alpha value is -1.80. The molecule has 8 heteroatoms. The molecule has 0 saturated heterocycles. The molecule has 5 nitrogen and oxygen atoms in total. The number of ether oxygens (including phenoxy) is 1. The molecule has 0 fully saturated rings. The van der Waals surface area contributed by atoms with Gasteiger partial charge in [0.15, 0.2) is 0 Å². The fraction of sp³-hybridized carbons (Fsp3) is 0.357. The highest BCUT2D eigenvalue weighted by molar-refractivity contribution is 7.87.